The van der Waals surface area contributed by atoms with Crippen LogP contribution in [0.1, 0.15) is 44.7 Å². The first kappa shape index (κ1) is 23.4. The van der Waals surface area contributed by atoms with Gasteiger partial charge in [-0.3, -0.25) is 4.79 Å². The summed E-state index contributed by atoms with van der Waals surface area (Å²) in [5, 5.41) is 2.85. The molecule has 7 heteroatoms. The lowest BCUT2D eigenvalue weighted by Crippen LogP contribution is -2.51. The minimum Gasteiger partial charge on any atom is -0.352 e. The Balaban J connectivity index is 1.69. The van der Waals surface area contributed by atoms with Crippen molar-refractivity contribution in [1.82, 2.24) is 9.62 Å². The number of carbonyl (C=O) groups is 1. The van der Waals surface area contributed by atoms with Crippen LogP contribution >= 0.6 is 0 Å². The third-order valence-electron chi connectivity index (χ3n) is 5.76. The first-order chi connectivity index (χ1) is 14.6. The van der Waals surface area contributed by atoms with Gasteiger partial charge in [0.2, 0.25) is 15.9 Å². The van der Waals surface area contributed by atoms with Gasteiger partial charge in [0.05, 0.1) is 10.3 Å². The van der Waals surface area contributed by atoms with E-state index in [1.165, 1.54) is 16.4 Å². The Labute approximate surface area is 184 Å². The Morgan fingerprint density at radius 2 is 1.87 bits per heavy atom. The van der Waals surface area contributed by atoms with Crippen LogP contribution in [0.4, 0.5) is 4.39 Å². The highest BCUT2D eigenvalue weighted by Gasteiger charge is 2.41. The highest BCUT2D eigenvalue weighted by atomic mass is 32.2. The Kier molecular flexibility index (Phi) is 7.17. The summed E-state index contributed by atoms with van der Waals surface area (Å²) in [5.41, 5.74) is 0.934. The van der Waals surface area contributed by atoms with Crippen molar-refractivity contribution < 1.29 is 17.6 Å². The van der Waals surface area contributed by atoms with Gasteiger partial charge in [-0.05, 0) is 67.5 Å². The molecule has 0 spiro atoms. The number of hydrogen-bond acceptors (Lipinski definition) is 3. The van der Waals surface area contributed by atoms with Crippen molar-refractivity contribution in [2.45, 2.75) is 51.5 Å². The molecule has 1 heterocycles. The molecular formula is C24H31FN2O3S. The number of nitrogens with zero attached hydrogens (tertiary/aromatic N) is 1. The summed E-state index contributed by atoms with van der Waals surface area (Å²) in [7, 11) is -3.68. The molecule has 0 saturated carbocycles. The van der Waals surface area contributed by atoms with E-state index in [2.05, 4.69) is 19.2 Å². The lowest BCUT2D eigenvalue weighted by Gasteiger charge is -2.38. The van der Waals surface area contributed by atoms with Gasteiger partial charge in [-0.1, -0.05) is 38.1 Å². The van der Waals surface area contributed by atoms with Crippen molar-refractivity contribution in [3.63, 3.8) is 0 Å². The molecule has 1 atom stereocenters. The van der Waals surface area contributed by atoms with Gasteiger partial charge in [-0.15, -0.1) is 0 Å². The molecule has 3 rings (SSSR count). The molecule has 2 aromatic carbocycles. The van der Waals surface area contributed by atoms with Crippen molar-refractivity contribution in [3.8, 4) is 0 Å². The Bertz CT molecular complexity index is 1020. The van der Waals surface area contributed by atoms with E-state index in [0.717, 1.165) is 12.0 Å². The predicted octanol–water partition coefficient (Wildman–Crippen LogP) is 4.13. The zero-order valence-corrected chi connectivity index (χ0v) is 19.2. The third-order valence-corrected chi connectivity index (χ3v) is 7.62. The molecular weight excluding hydrogens is 415 g/mol. The minimum atomic E-state index is -3.68. The summed E-state index contributed by atoms with van der Waals surface area (Å²) in [4.78, 5) is 13.2. The second-order valence-corrected chi connectivity index (χ2v) is 11.0. The van der Waals surface area contributed by atoms with Crippen LogP contribution in [0.15, 0.2) is 53.4 Å². The number of benzene rings is 2. The van der Waals surface area contributed by atoms with Crippen LogP contribution in [0.2, 0.25) is 0 Å². The SMILES string of the molecule is CC(C)Cc1ccc(S(=O)(=O)N2CCC[C@](C)(C(=O)NCc3cccc(F)c3)C2)cc1. The van der Waals surface area contributed by atoms with Crippen LogP contribution in [-0.2, 0) is 27.8 Å². The third kappa shape index (κ3) is 5.71. The standard InChI is InChI=1S/C24H31FN2O3S/c1-18(2)14-19-8-10-22(11-9-19)31(29,30)27-13-5-12-24(3,17-27)23(28)26-16-20-6-4-7-21(25)15-20/h4,6-11,15,18H,5,12-14,16-17H2,1-3H3,(H,26,28)/t24-/m0/s1. The van der Waals surface area contributed by atoms with Gasteiger partial charge in [0, 0.05) is 19.6 Å². The highest BCUT2D eigenvalue weighted by molar-refractivity contribution is 7.89. The number of nitrogens with one attached hydrogen (secondary N) is 1. The average Bonchev–Trinajstić information content (AvgIpc) is 2.72. The van der Waals surface area contributed by atoms with E-state index in [1.54, 1.807) is 31.2 Å². The largest absolute Gasteiger partial charge is 0.352 e. The van der Waals surface area contributed by atoms with E-state index >= 15 is 0 Å². The minimum absolute atomic E-state index is 0.123. The van der Waals surface area contributed by atoms with Crippen molar-refractivity contribution in [1.29, 1.82) is 0 Å². The predicted molar refractivity (Wildman–Crippen MR) is 119 cm³/mol. The highest BCUT2D eigenvalue weighted by Crippen LogP contribution is 2.33. The number of rotatable bonds is 7. The Hall–Kier alpha value is -2.25. The van der Waals surface area contributed by atoms with Crippen LogP contribution in [0, 0.1) is 17.2 Å². The molecule has 5 nitrogen and oxygen atoms in total. The normalized spacial score (nSPS) is 20.0. The Morgan fingerprint density at radius 3 is 2.52 bits per heavy atom. The second kappa shape index (κ2) is 9.49. The summed E-state index contributed by atoms with van der Waals surface area (Å²) >= 11 is 0. The fourth-order valence-corrected chi connectivity index (χ4v) is 5.65. The van der Waals surface area contributed by atoms with Crippen LogP contribution in [-0.4, -0.2) is 31.7 Å². The van der Waals surface area contributed by atoms with Crippen LogP contribution in [0.5, 0.6) is 0 Å². The van der Waals surface area contributed by atoms with E-state index in [-0.39, 0.29) is 29.7 Å². The van der Waals surface area contributed by atoms with Gasteiger partial charge in [0.1, 0.15) is 5.82 Å². The fraction of sp³-hybridized carbons (Fsp3) is 0.458. The molecule has 0 aliphatic carbocycles. The maximum Gasteiger partial charge on any atom is 0.243 e. The molecule has 1 amide bonds. The molecule has 0 radical (unpaired) electrons. The van der Waals surface area contributed by atoms with Gasteiger partial charge < -0.3 is 5.32 Å². The zero-order valence-electron chi connectivity index (χ0n) is 18.4. The van der Waals surface area contributed by atoms with E-state index < -0.39 is 15.4 Å². The number of carbonyl (C=O) groups excluding carboxylic acids is 1. The lowest BCUT2D eigenvalue weighted by molar-refractivity contribution is -0.132. The number of hydrogen-bond donors (Lipinski definition) is 1. The maximum absolute atomic E-state index is 13.4. The molecule has 0 unspecified atom stereocenters. The summed E-state index contributed by atoms with van der Waals surface area (Å²) in [6.07, 6.45) is 2.10. The van der Waals surface area contributed by atoms with E-state index in [1.807, 2.05) is 12.1 Å². The molecule has 1 saturated heterocycles. The first-order valence-corrected chi connectivity index (χ1v) is 12.2. The molecule has 1 N–H and O–H groups in total. The van der Waals surface area contributed by atoms with Crippen molar-refractivity contribution >= 4 is 15.9 Å². The lowest BCUT2D eigenvalue weighted by atomic mass is 9.82. The number of halogens is 1. The van der Waals surface area contributed by atoms with Gasteiger partial charge in [0.25, 0.3) is 0 Å². The summed E-state index contributed by atoms with van der Waals surface area (Å²) < 4.78 is 41.2. The van der Waals surface area contributed by atoms with Crippen molar-refractivity contribution in [3.05, 3.63) is 65.5 Å². The van der Waals surface area contributed by atoms with Crippen molar-refractivity contribution in [2.24, 2.45) is 11.3 Å². The van der Waals surface area contributed by atoms with Gasteiger partial charge in [-0.2, -0.15) is 4.31 Å². The number of amides is 1. The monoisotopic (exact) mass is 446 g/mol. The van der Waals surface area contributed by atoms with E-state index in [4.69, 9.17) is 0 Å². The fourth-order valence-electron chi connectivity index (χ4n) is 4.04. The van der Waals surface area contributed by atoms with Crippen LogP contribution in [0.25, 0.3) is 0 Å². The summed E-state index contributed by atoms with van der Waals surface area (Å²) in [6, 6.07) is 13.1. The summed E-state index contributed by atoms with van der Waals surface area (Å²) in [5.74, 6) is -0.0765. The van der Waals surface area contributed by atoms with Gasteiger partial charge in [-0.25, -0.2) is 12.8 Å². The van der Waals surface area contributed by atoms with E-state index in [9.17, 15) is 17.6 Å². The molecule has 0 aromatic heterocycles. The smallest absolute Gasteiger partial charge is 0.243 e. The number of piperidine rings is 1. The van der Waals surface area contributed by atoms with Gasteiger partial charge >= 0.3 is 0 Å². The zero-order chi connectivity index (χ0) is 22.6. The first-order valence-electron chi connectivity index (χ1n) is 10.7. The molecule has 31 heavy (non-hydrogen) atoms. The Morgan fingerprint density at radius 1 is 1.16 bits per heavy atom. The maximum atomic E-state index is 13.4. The number of sulfonamides is 1. The summed E-state index contributed by atoms with van der Waals surface area (Å²) in [6.45, 7) is 6.76. The van der Waals surface area contributed by atoms with E-state index in [0.29, 0.717) is 30.9 Å². The van der Waals surface area contributed by atoms with Gasteiger partial charge in [0.15, 0.2) is 0 Å². The van der Waals surface area contributed by atoms with Crippen LogP contribution in [0.3, 0.4) is 0 Å². The molecule has 1 aliphatic rings. The topological polar surface area (TPSA) is 66.5 Å². The average molecular weight is 447 g/mol. The van der Waals surface area contributed by atoms with Crippen LogP contribution < -0.4 is 5.32 Å². The molecule has 2 aromatic rings. The molecule has 0 bridgehead atoms. The second-order valence-electron chi connectivity index (χ2n) is 9.06. The quantitative estimate of drug-likeness (QED) is 0.695. The molecule has 1 fully saturated rings. The molecule has 168 valence electrons. The van der Waals surface area contributed by atoms with Crippen molar-refractivity contribution in [2.75, 3.05) is 13.1 Å². The molecule has 1 aliphatic heterocycles.